The number of hydrogen-bond acceptors (Lipinski definition) is 4. The Balaban J connectivity index is 1.99. The number of nitrogens with zero attached hydrogens (tertiary/aromatic N) is 2. The van der Waals surface area contributed by atoms with Crippen LogP contribution in [0.4, 0.5) is 19.0 Å². The normalized spacial score (nSPS) is 20.2. The van der Waals surface area contributed by atoms with Gasteiger partial charge in [-0.2, -0.15) is 18.3 Å². The number of hydrogen-bond donors (Lipinski definition) is 1. The van der Waals surface area contributed by atoms with Crippen LogP contribution in [0.15, 0.2) is 24.3 Å². The van der Waals surface area contributed by atoms with Gasteiger partial charge in [0, 0.05) is 12.5 Å². The maximum atomic E-state index is 13.4. The van der Waals surface area contributed by atoms with Gasteiger partial charge in [0.05, 0.1) is 26.0 Å². The van der Waals surface area contributed by atoms with Gasteiger partial charge in [-0.25, -0.2) is 4.68 Å². The van der Waals surface area contributed by atoms with Crippen LogP contribution in [-0.2, 0) is 0 Å². The predicted molar refractivity (Wildman–Crippen MR) is 82.6 cm³/mol. The molecule has 1 aliphatic rings. The van der Waals surface area contributed by atoms with Crippen LogP contribution in [0.25, 0.3) is 0 Å². The average Bonchev–Trinajstić information content (AvgIpc) is 2.92. The number of anilines is 1. The van der Waals surface area contributed by atoms with Gasteiger partial charge < -0.3 is 14.8 Å². The van der Waals surface area contributed by atoms with Crippen LogP contribution < -0.4 is 14.8 Å². The van der Waals surface area contributed by atoms with Crippen molar-refractivity contribution in [3.63, 3.8) is 0 Å². The maximum Gasteiger partial charge on any atom is 0.410 e. The molecule has 0 bridgehead atoms. The Morgan fingerprint density at radius 1 is 1.17 bits per heavy atom. The fraction of sp³-hybridized carbons (Fsp3) is 0.438. The highest BCUT2D eigenvalue weighted by molar-refractivity contribution is 5.48. The molecule has 2 aromatic rings. The van der Waals surface area contributed by atoms with Crippen molar-refractivity contribution in [3.05, 3.63) is 35.5 Å². The molecule has 2 heterocycles. The molecule has 8 heteroatoms. The number of ether oxygens (including phenoxy) is 2. The number of halogens is 3. The molecular weight excluding hydrogens is 323 g/mol. The lowest BCUT2D eigenvalue weighted by Crippen LogP contribution is -2.35. The highest BCUT2D eigenvalue weighted by atomic mass is 19.4. The van der Waals surface area contributed by atoms with Crippen LogP contribution in [0.2, 0.25) is 0 Å². The summed E-state index contributed by atoms with van der Waals surface area (Å²) in [6, 6.07) is 4.58. The second-order valence-electron chi connectivity index (χ2n) is 5.72. The van der Waals surface area contributed by atoms with Crippen molar-refractivity contribution in [1.29, 1.82) is 0 Å². The molecular formula is C16H18F3N3O2. The number of aromatic nitrogens is 2. The highest BCUT2D eigenvalue weighted by Gasteiger charge is 2.46. The van der Waals surface area contributed by atoms with Crippen LogP contribution in [0.3, 0.4) is 0 Å². The van der Waals surface area contributed by atoms with Gasteiger partial charge in [0.25, 0.3) is 0 Å². The Labute approximate surface area is 137 Å². The maximum absolute atomic E-state index is 13.4. The van der Waals surface area contributed by atoms with Crippen molar-refractivity contribution >= 4 is 5.82 Å². The van der Waals surface area contributed by atoms with Crippen molar-refractivity contribution in [2.24, 2.45) is 0 Å². The van der Waals surface area contributed by atoms with Gasteiger partial charge >= 0.3 is 6.18 Å². The molecule has 2 atom stereocenters. The third kappa shape index (κ3) is 2.88. The molecule has 24 heavy (non-hydrogen) atoms. The molecule has 1 aliphatic heterocycles. The van der Waals surface area contributed by atoms with E-state index in [0.717, 1.165) is 4.68 Å². The summed E-state index contributed by atoms with van der Waals surface area (Å²) in [5, 5.41) is 7.11. The molecule has 1 N–H and O–H groups in total. The molecule has 0 saturated heterocycles. The molecule has 3 rings (SSSR count). The molecule has 0 amide bonds. The van der Waals surface area contributed by atoms with E-state index in [0.29, 0.717) is 28.6 Å². The molecule has 0 aliphatic carbocycles. The number of benzene rings is 1. The number of alkyl halides is 3. The standard InChI is InChI=1S/C16H18F3N3O2/c1-9-6-15-20-11(8-14(16(17,18)19)22(15)21-9)10-4-5-12(23-2)13(7-10)24-3/h4-7,11,14,20H,8H2,1-3H3/t11-,14+/m1/s1. The quantitative estimate of drug-likeness (QED) is 0.921. The van der Waals surface area contributed by atoms with Gasteiger partial charge in [-0.15, -0.1) is 0 Å². The number of fused-ring (bicyclic) bond motifs is 1. The summed E-state index contributed by atoms with van der Waals surface area (Å²) in [4.78, 5) is 0. The topological polar surface area (TPSA) is 48.3 Å². The minimum Gasteiger partial charge on any atom is -0.493 e. The van der Waals surface area contributed by atoms with Gasteiger partial charge in [-0.1, -0.05) is 6.07 Å². The molecule has 0 fully saturated rings. The van der Waals surface area contributed by atoms with Crippen molar-refractivity contribution < 1.29 is 22.6 Å². The third-order valence-corrected chi connectivity index (χ3v) is 4.12. The third-order valence-electron chi connectivity index (χ3n) is 4.12. The molecule has 0 spiro atoms. The van der Waals surface area contributed by atoms with Crippen LogP contribution in [0.1, 0.15) is 29.8 Å². The van der Waals surface area contributed by atoms with E-state index in [4.69, 9.17) is 9.47 Å². The first kappa shape index (κ1) is 16.5. The van der Waals surface area contributed by atoms with Crippen molar-refractivity contribution in [1.82, 2.24) is 9.78 Å². The fourth-order valence-corrected chi connectivity index (χ4v) is 2.98. The zero-order valence-electron chi connectivity index (χ0n) is 13.5. The van der Waals surface area contributed by atoms with Gasteiger partial charge in [0.2, 0.25) is 0 Å². The van der Waals surface area contributed by atoms with E-state index in [-0.39, 0.29) is 6.42 Å². The lowest BCUT2D eigenvalue weighted by atomic mass is 9.96. The predicted octanol–water partition coefficient (Wildman–Crippen LogP) is 3.87. The van der Waals surface area contributed by atoms with Gasteiger partial charge in [-0.05, 0) is 24.6 Å². The molecule has 5 nitrogen and oxygen atoms in total. The Morgan fingerprint density at radius 2 is 1.88 bits per heavy atom. The summed E-state index contributed by atoms with van der Waals surface area (Å²) < 4.78 is 51.8. The first-order valence-corrected chi connectivity index (χ1v) is 7.45. The summed E-state index contributed by atoms with van der Waals surface area (Å²) in [7, 11) is 3.00. The summed E-state index contributed by atoms with van der Waals surface area (Å²) in [6.07, 6.45) is -4.52. The van der Waals surface area contributed by atoms with Crippen molar-refractivity contribution in [2.45, 2.75) is 31.6 Å². The number of aryl methyl sites for hydroxylation is 1. The summed E-state index contributed by atoms with van der Waals surface area (Å²) in [5.41, 5.74) is 1.24. The number of nitrogens with one attached hydrogen (secondary N) is 1. The van der Waals surface area contributed by atoms with E-state index in [1.54, 1.807) is 31.2 Å². The van der Waals surface area contributed by atoms with Crippen LogP contribution in [0, 0.1) is 6.92 Å². The lowest BCUT2D eigenvalue weighted by Gasteiger charge is -2.33. The second kappa shape index (κ2) is 5.92. The smallest absolute Gasteiger partial charge is 0.410 e. The van der Waals surface area contributed by atoms with Crippen LogP contribution in [0.5, 0.6) is 11.5 Å². The molecule has 130 valence electrons. The number of rotatable bonds is 3. The highest BCUT2D eigenvalue weighted by Crippen LogP contribution is 2.44. The van der Waals surface area contributed by atoms with E-state index < -0.39 is 18.3 Å². The largest absolute Gasteiger partial charge is 0.493 e. The van der Waals surface area contributed by atoms with Gasteiger partial charge in [0.1, 0.15) is 5.82 Å². The Bertz CT molecular complexity index is 743. The Morgan fingerprint density at radius 3 is 2.50 bits per heavy atom. The van der Waals surface area contributed by atoms with Gasteiger partial charge in [-0.3, -0.25) is 0 Å². The van der Waals surface area contributed by atoms with Gasteiger partial charge in [0.15, 0.2) is 17.5 Å². The van der Waals surface area contributed by atoms with E-state index >= 15 is 0 Å². The molecule has 0 radical (unpaired) electrons. The van der Waals surface area contributed by atoms with E-state index in [2.05, 4.69) is 10.4 Å². The summed E-state index contributed by atoms with van der Waals surface area (Å²) in [5.74, 6) is 1.38. The zero-order chi connectivity index (χ0) is 17.5. The summed E-state index contributed by atoms with van der Waals surface area (Å²) in [6.45, 7) is 1.67. The first-order chi connectivity index (χ1) is 11.3. The van der Waals surface area contributed by atoms with Crippen molar-refractivity contribution in [2.75, 3.05) is 19.5 Å². The molecule has 0 unspecified atom stereocenters. The zero-order valence-corrected chi connectivity index (χ0v) is 13.5. The fourth-order valence-electron chi connectivity index (χ4n) is 2.98. The minimum atomic E-state index is -4.37. The van der Waals surface area contributed by atoms with E-state index in [9.17, 15) is 13.2 Å². The minimum absolute atomic E-state index is 0.146. The Hall–Kier alpha value is -2.38. The monoisotopic (exact) mass is 341 g/mol. The molecule has 0 saturated carbocycles. The summed E-state index contributed by atoms with van der Waals surface area (Å²) >= 11 is 0. The van der Waals surface area contributed by atoms with E-state index in [1.165, 1.54) is 14.2 Å². The second-order valence-corrected chi connectivity index (χ2v) is 5.72. The van der Waals surface area contributed by atoms with E-state index in [1.807, 2.05) is 0 Å². The average molecular weight is 341 g/mol. The first-order valence-electron chi connectivity index (χ1n) is 7.45. The van der Waals surface area contributed by atoms with Crippen molar-refractivity contribution in [3.8, 4) is 11.5 Å². The van der Waals surface area contributed by atoms with Crippen LogP contribution in [-0.4, -0.2) is 30.2 Å². The van der Waals surface area contributed by atoms with Crippen LogP contribution >= 0.6 is 0 Å². The molecule has 1 aromatic carbocycles. The lowest BCUT2D eigenvalue weighted by molar-refractivity contribution is -0.173. The Kier molecular flexibility index (Phi) is 4.06. The SMILES string of the molecule is COc1ccc([C@H]2C[C@@H](C(F)(F)F)n3nc(C)cc3N2)cc1OC. The molecule has 1 aromatic heterocycles. The number of methoxy groups -OCH3 is 2.